The van der Waals surface area contributed by atoms with E-state index in [9.17, 15) is 5.11 Å². The number of methoxy groups -OCH3 is 2. The fraction of sp³-hybridized carbons (Fsp3) is 0.500. The van der Waals surface area contributed by atoms with Gasteiger partial charge < -0.3 is 14.6 Å². The molecular weight excluding hydrogens is 228 g/mol. The summed E-state index contributed by atoms with van der Waals surface area (Å²) in [5.74, 6) is 1.82. The van der Waals surface area contributed by atoms with Gasteiger partial charge in [0.15, 0.2) is 0 Å². The molecule has 0 fully saturated rings. The van der Waals surface area contributed by atoms with Gasteiger partial charge in [-0.25, -0.2) is 0 Å². The van der Waals surface area contributed by atoms with Crippen molar-refractivity contribution in [3.05, 3.63) is 23.8 Å². The van der Waals surface area contributed by atoms with Crippen LogP contribution >= 0.6 is 11.6 Å². The number of aliphatic hydroxyl groups excluding tert-OH is 1. The van der Waals surface area contributed by atoms with E-state index < -0.39 is 6.10 Å². The lowest BCUT2D eigenvalue weighted by Crippen LogP contribution is -2.03. The van der Waals surface area contributed by atoms with Crippen LogP contribution in [0.15, 0.2) is 18.2 Å². The first-order valence-electron chi connectivity index (χ1n) is 5.19. The van der Waals surface area contributed by atoms with Crippen LogP contribution in [0.1, 0.15) is 24.5 Å². The molecule has 4 heteroatoms. The Balaban J connectivity index is 2.97. The van der Waals surface area contributed by atoms with E-state index in [4.69, 9.17) is 21.1 Å². The van der Waals surface area contributed by atoms with Crippen molar-refractivity contribution in [1.82, 2.24) is 0 Å². The number of alkyl halides is 1. The normalized spacial score (nSPS) is 12.2. The lowest BCUT2D eigenvalue weighted by atomic mass is 10.0. The fourth-order valence-corrected chi connectivity index (χ4v) is 1.78. The average molecular weight is 245 g/mol. The summed E-state index contributed by atoms with van der Waals surface area (Å²) in [5.41, 5.74) is 0.692. The zero-order chi connectivity index (χ0) is 12.0. The molecule has 1 aromatic rings. The third-order valence-corrected chi connectivity index (χ3v) is 2.68. The SMILES string of the molecule is COc1cccc(OC)c1C(O)CCCCl. The molecule has 1 N–H and O–H groups in total. The van der Waals surface area contributed by atoms with Gasteiger partial charge in [-0.3, -0.25) is 0 Å². The van der Waals surface area contributed by atoms with Crippen molar-refractivity contribution < 1.29 is 14.6 Å². The first-order valence-corrected chi connectivity index (χ1v) is 5.73. The number of rotatable bonds is 6. The quantitative estimate of drug-likeness (QED) is 0.782. The van der Waals surface area contributed by atoms with Crippen molar-refractivity contribution in [2.75, 3.05) is 20.1 Å². The Morgan fingerprint density at radius 1 is 1.25 bits per heavy atom. The molecule has 0 amide bonds. The van der Waals surface area contributed by atoms with Crippen molar-refractivity contribution in [1.29, 1.82) is 0 Å². The Morgan fingerprint density at radius 2 is 1.81 bits per heavy atom. The Hall–Kier alpha value is -0.930. The van der Waals surface area contributed by atoms with Crippen molar-refractivity contribution in [2.24, 2.45) is 0 Å². The second-order valence-electron chi connectivity index (χ2n) is 3.42. The molecule has 0 saturated carbocycles. The molecule has 3 nitrogen and oxygen atoms in total. The molecule has 1 atom stereocenters. The van der Waals surface area contributed by atoms with E-state index in [2.05, 4.69) is 0 Å². The minimum Gasteiger partial charge on any atom is -0.496 e. The summed E-state index contributed by atoms with van der Waals surface area (Å²) in [4.78, 5) is 0. The van der Waals surface area contributed by atoms with Crippen LogP contribution in [0.25, 0.3) is 0 Å². The maximum Gasteiger partial charge on any atom is 0.128 e. The molecule has 0 aliphatic rings. The summed E-state index contributed by atoms with van der Waals surface area (Å²) in [6.07, 6.45) is 0.745. The Kier molecular flexibility index (Phi) is 5.43. The van der Waals surface area contributed by atoms with E-state index in [0.29, 0.717) is 29.4 Å². The lowest BCUT2D eigenvalue weighted by molar-refractivity contribution is 0.158. The highest BCUT2D eigenvalue weighted by Gasteiger charge is 2.17. The van der Waals surface area contributed by atoms with Gasteiger partial charge in [-0.15, -0.1) is 11.6 Å². The number of halogens is 1. The van der Waals surface area contributed by atoms with E-state index in [1.54, 1.807) is 14.2 Å². The molecule has 0 aromatic heterocycles. The van der Waals surface area contributed by atoms with Crippen LogP contribution in [-0.2, 0) is 0 Å². The van der Waals surface area contributed by atoms with Crippen LogP contribution in [-0.4, -0.2) is 25.2 Å². The maximum absolute atomic E-state index is 10.1. The summed E-state index contributed by atoms with van der Waals surface area (Å²) >= 11 is 5.61. The standard InChI is InChI=1S/C12H17ClO3/c1-15-10-6-3-7-11(16-2)12(10)9(14)5-4-8-13/h3,6-7,9,14H,4-5,8H2,1-2H3. The second kappa shape index (κ2) is 6.61. The molecule has 0 heterocycles. The smallest absolute Gasteiger partial charge is 0.128 e. The van der Waals surface area contributed by atoms with Gasteiger partial charge in [-0.05, 0) is 25.0 Å². The summed E-state index contributed by atoms with van der Waals surface area (Å²) < 4.78 is 10.4. The van der Waals surface area contributed by atoms with Crippen molar-refractivity contribution in [3.63, 3.8) is 0 Å². The molecule has 90 valence electrons. The Bertz CT molecular complexity index is 306. The molecule has 0 bridgehead atoms. The molecule has 16 heavy (non-hydrogen) atoms. The van der Waals surface area contributed by atoms with Gasteiger partial charge in [0.2, 0.25) is 0 Å². The lowest BCUT2D eigenvalue weighted by Gasteiger charge is -2.17. The second-order valence-corrected chi connectivity index (χ2v) is 3.80. The average Bonchev–Trinajstić information content (AvgIpc) is 2.34. The van der Waals surface area contributed by atoms with E-state index in [1.807, 2.05) is 18.2 Å². The van der Waals surface area contributed by atoms with Gasteiger partial charge in [0.1, 0.15) is 11.5 Å². The van der Waals surface area contributed by atoms with Crippen LogP contribution in [0, 0.1) is 0 Å². The molecule has 0 aliphatic carbocycles. The largest absolute Gasteiger partial charge is 0.496 e. The minimum atomic E-state index is -0.607. The van der Waals surface area contributed by atoms with Gasteiger partial charge in [-0.2, -0.15) is 0 Å². The van der Waals surface area contributed by atoms with E-state index in [1.165, 1.54) is 0 Å². The van der Waals surface area contributed by atoms with Crippen LogP contribution in [0.3, 0.4) is 0 Å². The number of aliphatic hydroxyl groups is 1. The third-order valence-electron chi connectivity index (χ3n) is 2.41. The predicted octanol–water partition coefficient (Wildman–Crippen LogP) is 2.76. The summed E-state index contributed by atoms with van der Waals surface area (Å²) in [7, 11) is 3.15. The molecule has 0 saturated heterocycles. The first-order chi connectivity index (χ1) is 7.74. The van der Waals surface area contributed by atoms with E-state index in [-0.39, 0.29) is 0 Å². The predicted molar refractivity (Wildman–Crippen MR) is 64.5 cm³/mol. The first kappa shape index (κ1) is 13.1. The minimum absolute atomic E-state index is 0.536. The van der Waals surface area contributed by atoms with Crippen LogP contribution in [0.5, 0.6) is 11.5 Å². The number of hydrogen-bond acceptors (Lipinski definition) is 3. The topological polar surface area (TPSA) is 38.7 Å². The van der Waals surface area contributed by atoms with Crippen LogP contribution in [0.4, 0.5) is 0 Å². The van der Waals surface area contributed by atoms with Gasteiger partial charge in [0.25, 0.3) is 0 Å². The Morgan fingerprint density at radius 3 is 2.25 bits per heavy atom. The van der Waals surface area contributed by atoms with Gasteiger partial charge >= 0.3 is 0 Å². The third kappa shape index (κ3) is 3.03. The summed E-state index contributed by atoms with van der Waals surface area (Å²) in [6.45, 7) is 0. The fourth-order valence-electron chi connectivity index (χ4n) is 1.62. The van der Waals surface area contributed by atoms with E-state index >= 15 is 0 Å². The molecule has 1 unspecified atom stereocenters. The monoisotopic (exact) mass is 244 g/mol. The number of benzene rings is 1. The number of hydrogen-bond donors (Lipinski definition) is 1. The van der Waals surface area contributed by atoms with Crippen LogP contribution < -0.4 is 9.47 Å². The number of ether oxygens (including phenoxy) is 2. The zero-order valence-corrected chi connectivity index (χ0v) is 10.3. The van der Waals surface area contributed by atoms with Crippen molar-refractivity contribution in [3.8, 4) is 11.5 Å². The van der Waals surface area contributed by atoms with Crippen molar-refractivity contribution in [2.45, 2.75) is 18.9 Å². The van der Waals surface area contributed by atoms with E-state index in [0.717, 1.165) is 6.42 Å². The van der Waals surface area contributed by atoms with Gasteiger partial charge in [-0.1, -0.05) is 6.07 Å². The highest BCUT2D eigenvalue weighted by atomic mass is 35.5. The highest BCUT2D eigenvalue weighted by molar-refractivity contribution is 6.17. The maximum atomic E-state index is 10.1. The van der Waals surface area contributed by atoms with Gasteiger partial charge in [0, 0.05) is 5.88 Å². The summed E-state index contributed by atoms with van der Waals surface area (Å²) in [6, 6.07) is 5.44. The van der Waals surface area contributed by atoms with Crippen LogP contribution in [0.2, 0.25) is 0 Å². The van der Waals surface area contributed by atoms with Crippen molar-refractivity contribution >= 4 is 11.6 Å². The Labute approximate surface area is 101 Å². The van der Waals surface area contributed by atoms with Gasteiger partial charge in [0.05, 0.1) is 25.9 Å². The zero-order valence-electron chi connectivity index (χ0n) is 9.57. The molecular formula is C12H17ClO3. The highest BCUT2D eigenvalue weighted by Crippen LogP contribution is 2.35. The molecule has 0 radical (unpaired) electrons. The molecule has 1 aromatic carbocycles. The molecule has 0 spiro atoms. The molecule has 1 rings (SSSR count). The summed E-state index contributed by atoms with van der Waals surface area (Å²) in [5, 5.41) is 10.1. The molecule has 0 aliphatic heterocycles.